The van der Waals surface area contributed by atoms with E-state index in [1.54, 1.807) is 0 Å². The van der Waals surface area contributed by atoms with E-state index in [0.29, 0.717) is 12.2 Å². The summed E-state index contributed by atoms with van der Waals surface area (Å²) in [6.07, 6.45) is -0.310. The first-order chi connectivity index (χ1) is 13.0. The largest absolute Gasteiger partial charge is 0.481 e. The lowest BCUT2D eigenvalue weighted by molar-refractivity contribution is -0.133. The molecule has 3 rings (SSSR count). The molecule has 1 aliphatic rings. The van der Waals surface area contributed by atoms with Gasteiger partial charge in [-0.25, -0.2) is 15.2 Å². The number of hydrogen-bond acceptors (Lipinski definition) is 5. The number of carbonyl (C=O) groups excluding carboxylic acids is 2. The average Bonchev–Trinajstić information content (AvgIpc) is 3.18. The highest BCUT2D eigenvalue weighted by Crippen LogP contribution is 2.21. The topological polar surface area (TPSA) is 91.5 Å². The van der Waals surface area contributed by atoms with Gasteiger partial charge in [0.25, 0.3) is 11.8 Å². The smallest absolute Gasteiger partial charge is 0.279 e. The summed E-state index contributed by atoms with van der Waals surface area (Å²) in [4.78, 5) is 24.3. The van der Waals surface area contributed by atoms with Gasteiger partial charge in [0, 0.05) is 6.04 Å². The molecule has 27 heavy (non-hydrogen) atoms. The van der Waals surface area contributed by atoms with Crippen LogP contribution in [-0.2, 0) is 9.59 Å². The van der Waals surface area contributed by atoms with Crippen LogP contribution in [0.1, 0.15) is 24.9 Å². The van der Waals surface area contributed by atoms with Crippen molar-refractivity contribution < 1.29 is 18.7 Å². The van der Waals surface area contributed by atoms with Crippen molar-refractivity contribution in [2.24, 2.45) is 0 Å². The van der Waals surface area contributed by atoms with E-state index in [4.69, 9.17) is 4.74 Å². The summed E-state index contributed by atoms with van der Waals surface area (Å²) in [5, 5.41) is 0. The molecular formula is C19H21FN4O3. The van der Waals surface area contributed by atoms with Crippen LogP contribution in [0.3, 0.4) is 0 Å². The molecule has 1 fully saturated rings. The van der Waals surface area contributed by atoms with Gasteiger partial charge in [0.2, 0.25) is 0 Å². The molecule has 0 aromatic heterocycles. The van der Waals surface area contributed by atoms with Crippen molar-refractivity contribution in [3.05, 3.63) is 66.0 Å². The molecule has 3 unspecified atom stereocenters. The molecule has 0 radical (unpaired) electrons. The lowest BCUT2D eigenvalue weighted by Gasteiger charge is -2.16. The predicted molar refractivity (Wildman–Crippen MR) is 96.6 cm³/mol. The minimum atomic E-state index is -0.859. The summed E-state index contributed by atoms with van der Waals surface area (Å²) in [5.41, 5.74) is 11.8. The Balaban J connectivity index is 1.44. The number of hydrazine groups is 2. The van der Waals surface area contributed by atoms with Gasteiger partial charge in [0.1, 0.15) is 17.6 Å². The van der Waals surface area contributed by atoms with Crippen molar-refractivity contribution in [1.82, 2.24) is 21.7 Å². The number of hydrogen-bond donors (Lipinski definition) is 4. The molecule has 0 aliphatic carbocycles. The van der Waals surface area contributed by atoms with E-state index in [1.165, 1.54) is 31.2 Å². The molecule has 0 saturated carbocycles. The first-order valence-electron chi connectivity index (χ1n) is 8.61. The summed E-state index contributed by atoms with van der Waals surface area (Å²) in [5.74, 6) is -0.905. The second-order valence-corrected chi connectivity index (χ2v) is 6.23. The molecule has 2 aromatic rings. The highest BCUT2D eigenvalue weighted by atomic mass is 19.1. The molecule has 2 amide bonds. The molecule has 7 nitrogen and oxygen atoms in total. The molecule has 1 aliphatic heterocycles. The van der Waals surface area contributed by atoms with Crippen molar-refractivity contribution in [2.75, 3.05) is 0 Å². The van der Waals surface area contributed by atoms with Crippen LogP contribution >= 0.6 is 0 Å². The Morgan fingerprint density at radius 3 is 2.48 bits per heavy atom. The van der Waals surface area contributed by atoms with E-state index < -0.39 is 23.9 Å². The van der Waals surface area contributed by atoms with Gasteiger partial charge < -0.3 is 4.74 Å². The zero-order chi connectivity index (χ0) is 19.2. The SMILES string of the molecule is CC(Oc1ccc(F)cc1)C(=O)NNC(=O)C1CC(c2ccccc2)NN1. The molecule has 8 heteroatoms. The van der Waals surface area contributed by atoms with Crippen LogP contribution in [-0.4, -0.2) is 24.0 Å². The zero-order valence-electron chi connectivity index (χ0n) is 14.7. The molecule has 142 valence electrons. The lowest BCUT2D eigenvalue weighted by Crippen LogP contribution is -2.52. The fourth-order valence-corrected chi connectivity index (χ4v) is 2.71. The van der Waals surface area contributed by atoms with Gasteiger partial charge in [-0.1, -0.05) is 30.3 Å². The predicted octanol–water partition coefficient (Wildman–Crippen LogP) is 1.35. The minimum Gasteiger partial charge on any atom is -0.481 e. The van der Waals surface area contributed by atoms with Crippen LogP contribution in [0.25, 0.3) is 0 Å². The minimum absolute atomic E-state index is 0.0124. The summed E-state index contributed by atoms with van der Waals surface area (Å²) in [6, 6.07) is 14.6. The summed E-state index contributed by atoms with van der Waals surface area (Å²) in [7, 11) is 0. The second-order valence-electron chi connectivity index (χ2n) is 6.23. The lowest BCUT2D eigenvalue weighted by atomic mass is 10.0. The quantitative estimate of drug-likeness (QED) is 0.595. The summed E-state index contributed by atoms with van der Waals surface area (Å²) >= 11 is 0. The van der Waals surface area contributed by atoms with Gasteiger partial charge >= 0.3 is 0 Å². The van der Waals surface area contributed by atoms with Crippen molar-refractivity contribution in [1.29, 1.82) is 0 Å². The van der Waals surface area contributed by atoms with Crippen LogP contribution in [0, 0.1) is 5.82 Å². The molecule has 4 N–H and O–H groups in total. The number of benzene rings is 2. The Morgan fingerprint density at radius 2 is 1.78 bits per heavy atom. The second kappa shape index (κ2) is 8.61. The number of rotatable bonds is 5. The molecule has 2 aromatic carbocycles. The Labute approximate surface area is 156 Å². The van der Waals surface area contributed by atoms with Crippen molar-refractivity contribution >= 4 is 11.8 Å². The van der Waals surface area contributed by atoms with E-state index in [0.717, 1.165) is 5.56 Å². The normalized spacial score (nSPS) is 19.9. The van der Waals surface area contributed by atoms with E-state index in [2.05, 4.69) is 21.7 Å². The molecule has 1 heterocycles. The standard InChI is InChI=1S/C19H21FN4O3/c1-12(27-15-9-7-14(20)8-10-15)18(25)23-24-19(26)17-11-16(21-22-17)13-5-3-2-4-6-13/h2-10,12,16-17,21-22H,11H2,1H3,(H,23,25)(H,24,26). The van der Waals surface area contributed by atoms with Crippen molar-refractivity contribution in [2.45, 2.75) is 31.5 Å². The van der Waals surface area contributed by atoms with Crippen LogP contribution in [0.5, 0.6) is 5.75 Å². The van der Waals surface area contributed by atoms with E-state index in [9.17, 15) is 14.0 Å². The number of amides is 2. The van der Waals surface area contributed by atoms with Crippen molar-refractivity contribution in [3.8, 4) is 5.75 Å². The maximum Gasteiger partial charge on any atom is 0.279 e. The number of halogens is 1. The fourth-order valence-electron chi connectivity index (χ4n) is 2.71. The van der Waals surface area contributed by atoms with E-state index in [-0.39, 0.29) is 11.9 Å². The van der Waals surface area contributed by atoms with Crippen LogP contribution in [0.4, 0.5) is 4.39 Å². The Bertz CT molecular complexity index is 785. The Morgan fingerprint density at radius 1 is 1.07 bits per heavy atom. The van der Waals surface area contributed by atoms with Gasteiger partial charge in [-0.3, -0.25) is 20.4 Å². The number of ether oxygens (including phenoxy) is 1. The monoisotopic (exact) mass is 372 g/mol. The maximum absolute atomic E-state index is 12.9. The molecule has 1 saturated heterocycles. The Hall–Kier alpha value is -2.97. The van der Waals surface area contributed by atoms with Gasteiger partial charge in [0.05, 0.1) is 0 Å². The molecule has 0 spiro atoms. The van der Waals surface area contributed by atoms with E-state index in [1.807, 2.05) is 30.3 Å². The first-order valence-corrected chi connectivity index (χ1v) is 8.61. The van der Waals surface area contributed by atoms with Crippen LogP contribution < -0.4 is 26.4 Å². The molecule has 0 bridgehead atoms. The number of carbonyl (C=O) groups is 2. The van der Waals surface area contributed by atoms with Gasteiger partial charge in [0.15, 0.2) is 6.10 Å². The highest BCUT2D eigenvalue weighted by Gasteiger charge is 2.30. The third-order valence-electron chi connectivity index (χ3n) is 4.23. The maximum atomic E-state index is 12.9. The van der Waals surface area contributed by atoms with Crippen LogP contribution in [0.15, 0.2) is 54.6 Å². The third kappa shape index (κ3) is 5.02. The number of nitrogens with one attached hydrogen (secondary N) is 4. The van der Waals surface area contributed by atoms with Crippen molar-refractivity contribution in [3.63, 3.8) is 0 Å². The average molecular weight is 372 g/mol. The van der Waals surface area contributed by atoms with Crippen LogP contribution in [0.2, 0.25) is 0 Å². The van der Waals surface area contributed by atoms with Gasteiger partial charge in [-0.2, -0.15) is 0 Å². The highest BCUT2D eigenvalue weighted by molar-refractivity contribution is 5.87. The van der Waals surface area contributed by atoms with Gasteiger partial charge in [-0.05, 0) is 43.2 Å². The third-order valence-corrected chi connectivity index (χ3v) is 4.23. The Kier molecular flexibility index (Phi) is 6.00. The summed E-state index contributed by atoms with van der Waals surface area (Å²) in [6.45, 7) is 1.53. The summed E-state index contributed by atoms with van der Waals surface area (Å²) < 4.78 is 18.3. The van der Waals surface area contributed by atoms with E-state index >= 15 is 0 Å². The van der Waals surface area contributed by atoms with Gasteiger partial charge in [-0.15, -0.1) is 0 Å². The molecule has 3 atom stereocenters. The fraction of sp³-hybridized carbons (Fsp3) is 0.263. The zero-order valence-corrected chi connectivity index (χ0v) is 14.7. The first kappa shape index (κ1) is 18.8. The molecular weight excluding hydrogens is 351 g/mol.